The number of carbonyl (C=O) groups excluding carboxylic acids is 1. The predicted molar refractivity (Wildman–Crippen MR) is 96.5 cm³/mol. The second kappa shape index (κ2) is 7.90. The van der Waals surface area contributed by atoms with E-state index in [-0.39, 0.29) is 5.91 Å². The molecule has 24 heavy (non-hydrogen) atoms. The van der Waals surface area contributed by atoms with Gasteiger partial charge in [-0.3, -0.25) is 4.79 Å². The number of methoxy groups -OCH3 is 1. The number of benzene rings is 1. The van der Waals surface area contributed by atoms with Crippen molar-refractivity contribution in [3.05, 3.63) is 51.5 Å². The van der Waals surface area contributed by atoms with Gasteiger partial charge in [-0.25, -0.2) is 4.98 Å². The third-order valence-corrected chi connectivity index (χ3v) is 5.53. The van der Waals surface area contributed by atoms with E-state index in [0.717, 1.165) is 49.2 Å². The molecular weight excluding hydrogens is 320 g/mol. The summed E-state index contributed by atoms with van der Waals surface area (Å²) in [5, 5.41) is 3.32. The molecule has 1 atom stereocenters. The van der Waals surface area contributed by atoms with Crippen molar-refractivity contribution >= 4 is 17.2 Å². The summed E-state index contributed by atoms with van der Waals surface area (Å²) in [6.07, 6.45) is 3.12. The summed E-state index contributed by atoms with van der Waals surface area (Å²) in [5.74, 6) is 0.486. The molecule has 1 aromatic carbocycles. The van der Waals surface area contributed by atoms with Crippen LogP contribution in [0.2, 0.25) is 0 Å². The van der Waals surface area contributed by atoms with E-state index in [1.165, 1.54) is 5.01 Å². The number of piperidine rings is 1. The number of hydrogen-bond donors (Lipinski definition) is 0. The highest BCUT2D eigenvalue weighted by Crippen LogP contribution is 2.30. The highest BCUT2D eigenvalue weighted by molar-refractivity contribution is 7.09. The standard InChI is InChI=1S/C19H24N2O2S/c1-3-17-13-24-18(20-17)16-8-5-9-21(11-16)19(22)15-7-4-6-14(10-15)12-23-2/h4,6-7,10,13,16H,3,5,8-9,11-12H2,1-2H3/t16-/m0/s1. The zero-order valence-corrected chi connectivity index (χ0v) is 15.1. The first kappa shape index (κ1) is 17.1. The van der Waals surface area contributed by atoms with Gasteiger partial charge in [0.05, 0.1) is 17.3 Å². The van der Waals surface area contributed by atoms with Crippen LogP contribution in [0.25, 0.3) is 0 Å². The molecule has 1 saturated heterocycles. The first-order valence-corrected chi connectivity index (χ1v) is 9.40. The Labute approximate surface area is 147 Å². The molecule has 1 fully saturated rings. The third kappa shape index (κ3) is 3.84. The molecule has 0 N–H and O–H groups in total. The molecule has 1 aliphatic rings. The molecule has 3 rings (SSSR count). The average molecular weight is 344 g/mol. The van der Waals surface area contributed by atoms with Crippen LogP contribution in [0, 0.1) is 0 Å². The molecule has 0 radical (unpaired) electrons. The molecule has 128 valence electrons. The minimum atomic E-state index is 0.116. The van der Waals surface area contributed by atoms with Crippen LogP contribution in [0.5, 0.6) is 0 Å². The van der Waals surface area contributed by atoms with E-state index in [1.807, 2.05) is 29.2 Å². The molecule has 2 aromatic rings. The van der Waals surface area contributed by atoms with Crippen LogP contribution in [0.4, 0.5) is 0 Å². The maximum absolute atomic E-state index is 12.9. The van der Waals surface area contributed by atoms with Crippen LogP contribution >= 0.6 is 11.3 Å². The Hall–Kier alpha value is -1.72. The summed E-state index contributed by atoms with van der Waals surface area (Å²) in [5.41, 5.74) is 2.94. The molecule has 0 unspecified atom stereocenters. The normalized spacial score (nSPS) is 17.9. The molecule has 0 aliphatic carbocycles. The lowest BCUT2D eigenvalue weighted by Gasteiger charge is -2.32. The smallest absolute Gasteiger partial charge is 0.253 e. The molecular formula is C19H24N2O2S. The summed E-state index contributed by atoms with van der Waals surface area (Å²) < 4.78 is 5.16. The average Bonchev–Trinajstić information content (AvgIpc) is 3.11. The number of aryl methyl sites for hydroxylation is 1. The highest BCUT2D eigenvalue weighted by Gasteiger charge is 2.27. The van der Waals surface area contributed by atoms with Crippen LogP contribution in [0.15, 0.2) is 29.6 Å². The van der Waals surface area contributed by atoms with Crippen molar-refractivity contribution in [2.45, 2.75) is 38.7 Å². The fraction of sp³-hybridized carbons (Fsp3) is 0.474. The highest BCUT2D eigenvalue weighted by atomic mass is 32.1. The lowest BCUT2D eigenvalue weighted by Crippen LogP contribution is -2.39. The molecule has 2 heterocycles. The molecule has 0 bridgehead atoms. The first-order valence-electron chi connectivity index (χ1n) is 8.52. The van der Waals surface area contributed by atoms with E-state index >= 15 is 0 Å². The van der Waals surface area contributed by atoms with Gasteiger partial charge in [0.25, 0.3) is 5.91 Å². The van der Waals surface area contributed by atoms with Gasteiger partial charge >= 0.3 is 0 Å². The van der Waals surface area contributed by atoms with Gasteiger partial charge < -0.3 is 9.64 Å². The quantitative estimate of drug-likeness (QED) is 0.827. The number of amides is 1. The lowest BCUT2D eigenvalue weighted by molar-refractivity contribution is 0.0706. The van der Waals surface area contributed by atoms with Crippen molar-refractivity contribution in [1.82, 2.24) is 9.88 Å². The summed E-state index contributed by atoms with van der Waals surface area (Å²) in [6, 6.07) is 7.75. The number of ether oxygens (including phenoxy) is 1. The largest absolute Gasteiger partial charge is 0.380 e. The van der Waals surface area contributed by atoms with E-state index in [2.05, 4.69) is 12.3 Å². The summed E-state index contributed by atoms with van der Waals surface area (Å²) in [6.45, 7) is 4.26. The van der Waals surface area contributed by atoms with E-state index in [1.54, 1.807) is 18.4 Å². The number of rotatable bonds is 5. The molecule has 4 nitrogen and oxygen atoms in total. The summed E-state index contributed by atoms with van der Waals surface area (Å²) in [4.78, 5) is 19.6. The van der Waals surface area contributed by atoms with Crippen LogP contribution in [-0.2, 0) is 17.8 Å². The lowest BCUT2D eigenvalue weighted by atomic mass is 9.97. The van der Waals surface area contributed by atoms with Gasteiger partial charge in [-0.1, -0.05) is 19.1 Å². The van der Waals surface area contributed by atoms with Crippen molar-refractivity contribution in [2.75, 3.05) is 20.2 Å². The van der Waals surface area contributed by atoms with Crippen LogP contribution in [-0.4, -0.2) is 36.0 Å². The fourth-order valence-electron chi connectivity index (χ4n) is 3.18. The Morgan fingerprint density at radius 1 is 1.46 bits per heavy atom. The predicted octanol–water partition coefficient (Wildman–Crippen LogP) is 3.87. The molecule has 0 spiro atoms. The molecule has 0 saturated carbocycles. The Bertz CT molecular complexity index is 698. The second-order valence-corrected chi connectivity index (χ2v) is 7.14. The summed E-state index contributed by atoms with van der Waals surface area (Å²) >= 11 is 1.73. The third-order valence-electron chi connectivity index (χ3n) is 4.47. The number of thiazole rings is 1. The minimum absolute atomic E-state index is 0.116. The van der Waals surface area contributed by atoms with Gasteiger partial charge in [-0.15, -0.1) is 11.3 Å². The molecule has 1 aromatic heterocycles. The SMILES string of the molecule is CCc1csc([C@H]2CCCN(C(=O)c3cccc(COC)c3)C2)n1. The van der Waals surface area contributed by atoms with Crippen LogP contribution in [0.1, 0.15) is 52.3 Å². The Morgan fingerprint density at radius 3 is 3.08 bits per heavy atom. The van der Waals surface area contributed by atoms with E-state index in [9.17, 15) is 4.79 Å². The van der Waals surface area contributed by atoms with Gasteiger partial charge in [0.1, 0.15) is 0 Å². The molecule has 5 heteroatoms. The van der Waals surface area contributed by atoms with Crippen LogP contribution in [0.3, 0.4) is 0 Å². The fourth-order valence-corrected chi connectivity index (χ4v) is 4.21. The Morgan fingerprint density at radius 2 is 2.33 bits per heavy atom. The van der Waals surface area contributed by atoms with Gasteiger partial charge in [-0.2, -0.15) is 0 Å². The van der Waals surface area contributed by atoms with E-state index in [0.29, 0.717) is 12.5 Å². The monoisotopic (exact) mass is 344 g/mol. The minimum Gasteiger partial charge on any atom is -0.380 e. The number of nitrogens with zero attached hydrogens (tertiary/aromatic N) is 2. The van der Waals surface area contributed by atoms with Crippen molar-refractivity contribution < 1.29 is 9.53 Å². The van der Waals surface area contributed by atoms with E-state index in [4.69, 9.17) is 9.72 Å². The number of carbonyl (C=O) groups is 1. The van der Waals surface area contributed by atoms with Crippen molar-refractivity contribution in [2.24, 2.45) is 0 Å². The number of likely N-dealkylation sites (tertiary alicyclic amines) is 1. The first-order chi connectivity index (χ1) is 11.7. The Kier molecular flexibility index (Phi) is 5.63. The maximum Gasteiger partial charge on any atom is 0.253 e. The number of aromatic nitrogens is 1. The zero-order valence-electron chi connectivity index (χ0n) is 14.3. The Balaban J connectivity index is 1.71. The second-order valence-electron chi connectivity index (χ2n) is 6.25. The molecule has 1 amide bonds. The van der Waals surface area contributed by atoms with Gasteiger partial charge in [0.15, 0.2) is 0 Å². The van der Waals surface area contributed by atoms with Crippen molar-refractivity contribution in [1.29, 1.82) is 0 Å². The van der Waals surface area contributed by atoms with Gasteiger partial charge in [0, 0.05) is 37.1 Å². The zero-order chi connectivity index (χ0) is 16.9. The van der Waals surface area contributed by atoms with Gasteiger partial charge in [-0.05, 0) is 37.0 Å². The summed E-state index contributed by atoms with van der Waals surface area (Å²) in [7, 11) is 1.67. The maximum atomic E-state index is 12.9. The van der Waals surface area contributed by atoms with Gasteiger partial charge in [0.2, 0.25) is 0 Å². The van der Waals surface area contributed by atoms with Crippen molar-refractivity contribution in [3.63, 3.8) is 0 Å². The number of hydrogen-bond acceptors (Lipinski definition) is 4. The van der Waals surface area contributed by atoms with Crippen LogP contribution < -0.4 is 0 Å². The van der Waals surface area contributed by atoms with Crippen molar-refractivity contribution in [3.8, 4) is 0 Å². The molecule has 1 aliphatic heterocycles. The topological polar surface area (TPSA) is 42.4 Å². The van der Waals surface area contributed by atoms with E-state index < -0.39 is 0 Å².